The van der Waals surface area contributed by atoms with Gasteiger partial charge in [-0.05, 0) is 27.7 Å². The van der Waals surface area contributed by atoms with Crippen LogP contribution in [0.15, 0.2) is 10.4 Å². The molecule has 22 heavy (non-hydrogen) atoms. The third kappa shape index (κ3) is 5.06. The van der Waals surface area contributed by atoms with Crippen LogP contribution < -0.4 is 10.6 Å². The molecule has 7 heteroatoms. The zero-order chi connectivity index (χ0) is 15.9. The van der Waals surface area contributed by atoms with Crippen LogP contribution in [-0.4, -0.2) is 29.0 Å². The molecule has 2 aromatic heterocycles. The molecule has 0 aliphatic heterocycles. The van der Waals surface area contributed by atoms with Gasteiger partial charge in [-0.2, -0.15) is 0 Å². The Morgan fingerprint density at radius 3 is 2.64 bits per heavy atom. The fraction of sp³-hybridized carbons (Fsp3) is 0.533. The molecule has 2 rings (SSSR count). The number of rotatable bonds is 6. The third-order valence-corrected chi connectivity index (χ3v) is 5.01. The van der Waals surface area contributed by atoms with E-state index < -0.39 is 0 Å². The fourth-order valence-electron chi connectivity index (χ4n) is 1.93. The van der Waals surface area contributed by atoms with E-state index in [1.807, 2.05) is 13.8 Å². The molecule has 0 aliphatic carbocycles. The van der Waals surface area contributed by atoms with Gasteiger partial charge in [0.05, 0.1) is 22.9 Å². The van der Waals surface area contributed by atoms with Gasteiger partial charge in [-0.3, -0.25) is 0 Å². The van der Waals surface area contributed by atoms with E-state index in [1.165, 1.54) is 4.88 Å². The summed E-state index contributed by atoms with van der Waals surface area (Å²) >= 11 is 3.41. The minimum Gasteiger partial charge on any atom is -0.357 e. The van der Waals surface area contributed by atoms with Crippen molar-refractivity contribution in [3.05, 3.63) is 31.7 Å². The highest BCUT2D eigenvalue weighted by Gasteiger charge is 2.04. The number of aromatic nitrogens is 2. The normalized spacial score (nSPS) is 11.7. The average molecular weight is 338 g/mol. The van der Waals surface area contributed by atoms with Crippen molar-refractivity contribution in [3.8, 4) is 0 Å². The van der Waals surface area contributed by atoms with E-state index in [9.17, 15) is 0 Å². The molecule has 5 nitrogen and oxygen atoms in total. The van der Waals surface area contributed by atoms with Crippen molar-refractivity contribution >= 4 is 28.6 Å². The Kier molecular flexibility index (Phi) is 6.33. The molecule has 0 atom stereocenters. The van der Waals surface area contributed by atoms with Crippen molar-refractivity contribution in [1.29, 1.82) is 0 Å². The van der Waals surface area contributed by atoms with Gasteiger partial charge in [-0.1, -0.05) is 0 Å². The second kappa shape index (κ2) is 8.24. The molecule has 0 aliphatic rings. The Morgan fingerprint density at radius 1 is 1.23 bits per heavy atom. The molecule has 2 N–H and O–H groups in total. The molecule has 2 heterocycles. The summed E-state index contributed by atoms with van der Waals surface area (Å²) in [5, 5.41) is 10.9. The number of hydrogen-bond acceptors (Lipinski definition) is 5. The first-order valence-corrected chi connectivity index (χ1v) is 9.14. The highest BCUT2D eigenvalue weighted by molar-refractivity contribution is 7.11. The quantitative estimate of drug-likeness (QED) is 0.628. The third-order valence-electron chi connectivity index (χ3n) is 3.13. The van der Waals surface area contributed by atoms with Crippen molar-refractivity contribution in [2.75, 3.05) is 13.1 Å². The summed E-state index contributed by atoms with van der Waals surface area (Å²) in [5.41, 5.74) is 2.24. The molecule has 2 aromatic rings. The standard InChI is InChI=1S/C15H23N5S2/c1-5-16-15(17-7-6-13-9-21-12(4)20-13)18-8-14-19-10(2)11(3)22-14/h9H,5-8H2,1-4H3,(H2,16,17,18). The second-order valence-electron chi connectivity index (χ2n) is 4.98. The molecule has 0 saturated heterocycles. The summed E-state index contributed by atoms with van der Waals surface area (Å²) in [6.45, 7) is 10.5. The first kappa shape index (κ1) is 16.9. The maximum atomic E-state index is 4.60. The lowest BCUT2D eigenvalue weighted by atomic mass is 10.3. The number of aliphatic imine (C=N–C) groups is 1. The summed E-state index contributed by atoms with van der Waals surface area (Å²) in [5.74, 6) is 0.833. The lowest BCUT2D eigenvalue weighted by molar-refractivity contribution is 0.789. The number of aryl methyl sites for hydroxylation is 3. The van der Waals surface area contributed by atoms with Crippen LogP contribution in [0, 0.1) is 20.8 Å². The molecule has 0 bridgehead atoms. The van der Waals surface area contributed by atoms with Gasteiger partial charge < -0.3 is 10.6 Å². The first-order valence-electron chi connectivity index (χ1n) is 7.44. The lowest BCUT2D eigenvalue weighted by Crippen LogP contribution is -2.38. The van der Waals surface area contributed by atoms with E-state index in [0.29, 0.717) is 6.54 Å². The zero-order valence-electron chi connectivity index (χ0n) is 13.6. The van der Waals surface area contributed by atoms with Crippen LogP contribution in [0.25, 0.3) is 0 Å². The number of hydrogen-bond donors (Lipinski definition) is 2. The molecule has 0 unspecified atom stereocenters. The van der Waals surface area contributed by atoms with Gasteiger partial charge in [-0.25, -0.2) is 15.0 Å². The predicted octanol–water partition coefficient (Wildman–Crippen LogP) is 2.82. The van der Waals surface area contributed by atoms with Crippen LogP contribution in [0.3, 0.4) is 0 Å². The molecular formula is C15H23N5S2. The monoisotopic (exact) mass is 337 g/mol. The first-order chi connectivity index (χ1) is 10.6. The maximum Gasteiger partial charge on any atom is 0.191 e. The smallest absolute Gasteiger partial charge is 0.191 e. The summed E-state index contributed by atoms with van der Waals surface area (Å²) in [7, 11) is 0. The van der Waals surface area contributed by atoms with Crippen LogP contribution >= 0.6 is 22.7 Å². The van der Waals surface area contributed by atoms with Gasteiger partial charge in [-0.15, -0.1) is 22.7 Å². The van der Waals surface area contributed by atoms with Gasteiger partial charge in [0.25, 0.3) is 0 Å². The van der Waals surface area contributed by atoms with Crippen molar-refractivity contribution < 1.29 is 0 Å². The highest BCUT2D eigenvalue weighted by Crippen LogP contribution is 2.16. The minimum atomic E-state index is 0.616. The Labute approximate surface area is 139 Å². The minimum absolute atomic E-state index is 0.616. The van der Waals surface area contributed by atoms with Crippen LogP contribution in [0.1, 0.15) is 33.2 Å². The molecule has 120 valence electrons. The predicted molar refractivity (Wildman–Crippen MR) is 95.0 cm³/mol. The Hall–Kier alpha value is -1.47. The number of thiazole rings is 2. The van der Waals surface area contributed by atoms with Gasteiger partial charge in [0, 0.05) is 29.8 Å². The van der Waals surface area contributed by atoms with E-state index in [4.69, 9.17) is 0 Å². The molecule has 0 spiro atoms. The van der Waals surface area contributed by atoms with Gasteiger partial charge in [0.2, 0.25) is 0 Å². The molecular weight excluding hydrogens is 314 g/mol. The van der Waals surface area contributed by atoms with Crippen LogP contribution in [0.5, 0.6) is 0 Å². The number of guanidine groups is 1. The van der Waals surface area contributed by atoms with Crippen LogP contribution in [0.2, 0.25) is 0 Å². The lowest BCUT2D eigenvalue weighted by Gasteiger charge is -2.10. The van der Waals surface area contributed by atoms with E-state index in [-0.39, 0.29) is 0 Å². The number of nitrogens with one attached hydrogen (secondary N) is 2. The van der Waals surface area contributed by atoms with Crippen molar-refractivity contribution in [3.63, 3.8) is 0 Å². The van der Waals surface area contributed by atoms with E-state index in [2.05, 4.69) is 44.8 Å². The Balaban J connectivity index is 1.86. The number of nitrogens with zero attached hydrogens (tertiary/aromatic N) is 3. The molecule has 0 amide bonds. The van der Waals surface area contributed by atoms with Crippen LogP contribution in [-0.2, 0) is 13.0 Å². The van der Waals surface area contributed by atoms with Gasteiger partial charge in [0.1, 0.15) is 5.01 Å². The van der Waals surface area contributed by atoms with E-state index in [1.54, 1.807) is 22.7 Å². The van der Waals surface area contributed by atoms with Gasteiger partial charge >= 0.3 is 0 Å². The topological polar surface area (TPSA) is 62.2 Å². The van der Waals surface area contributed by atoms with E-state index >= 15 is 0 Å². The average Bonchev–Trinajstić information content (AvgIpc) is 3.03. The summed E-state index contributed by atoms with van der Waals surface area (Å²) < 4.78 is 0. The molecule has 0 aromatic carbocycles. The van der Waals surface area contributed by atoms with Gasteiger partial charge in [0.15, 0.2) is 5.96 Å². The highest BCUT2D eigenvalue weighted by atomic mass is 32.1. The summed E-state index contributed by atoms with van der Waals surface area (Å²) in [6, 6.07) is 0. The second-order valence-corrected chi connectivity index (χ2v) is 7.33. The molecule has 0 radical (unpaired) electrons. The molecule has 0 fully saturated rings. The molecule has 0 saturated carbocycles. The fourth-order valence-corrected chi connectivity index (χ4v) is 3.43. The summed E-state index contributed by atoms with van der Waals surface area (Å²) in [6.07, 6.45) is 0.907. The SMILES string of the molecule is CCNC(=NCc1nc(C)c(C)s1)NCCc1csc(C)n1. The van der Waals surface area contributed by atoms with Crippen molar-refractivity contribution in [1.82, 2.24) is 20.6 Å². The van der Waals surface area contributed by atoms with Crippen molar-refractivity contribution in [2.24, 2.45) is 4.99 Å². The van der Waals surface area contributed by atoms with Crippen LogP contribution in [0.4, 0.5) is 0 Å². The maximum absolute atomic E-state index is 4.60. The van der Waals surface area contributed by atoms with Crippen molar-refractivity contribution in [2.45, 2.75) is 40.7 Å². The van der Waals surface area contributed by atoms with E-state index in [0.717, 1.165) is 46.9 Å². The Morgan fingerprint density at radius 2 is 2.05 bits per heavy atom. The summed E-state index contributed by atoms with van der Waals surface area (Å²) in [4.78, 5) is 14.9. The largest absolute Gasteiger partial charge is 0.357 e. The Bertz CT molecular complexity index is 610. The zero-order valence-corrected chi connectivity index (χ0v) is 15.2.